The second kappa shape index (κ2) is 26.6. The van der Waals surface area contributed by atoms with E-state index < -0.39 is 16.1 Å². The Balaban J connectivity index is 0.701. The highest BCUT2D eigenvalue weighted by molar-refractivity contribution is 7.31. The van der Waals surface area contributed by atoms with Crippen LogP contribution in [0.15, 0.2) is 400 Å². The van der Waals surface area contributed by atoms with E-state index >= 15 is 0 Å². The number of imidazole rings is 4. The third kappa shape index (κ3) is 9.81. The van der Waals surface area contributed by atoms with Crippen molar-refractivity contribution in [3.63, 3.8) is 0 Å². The SMILES string of the molecule is c1ccc([Si](c2ccccc2)(c2cc(-n3c4ccccc4c4cc(-c5ccc6nc7n(-c8nc(-n9c%10ccccc%10n%10c%11ccccc%11nc9%10)cc([Si](c9ccccc9)(c9ccccc9)c9cccc%10c9sc9ccccc9%10)n8)c8ccccc8n7c6c5)ccc43)nc(-n3c4ccccc4c4ccccc43)n2)c2cccc3c2sc2ccccc23)cc1. The average Bonchev–Trinajstić information content (AvgIpc) is 1.44. The molecule has 10 heterocycles. The molecule has 0 aliphatic carbocycles. The molecule has 0 amide bonds. The molecular weight excluding hydrogens is 1560 g/mol. The van der Waals surface area contributed by atoms with Crippen molar-refractivity contribution in [1.29, 1.82) is 0 Å². The van der Waals surface area contributed by atoms with Gasteiger partial charge in [0, 0.05) is 78.6 Å². The molecule has 0 saturated heterocycles. The molecule has 0 fully saturated rings. The lowest BCUT2D eigenvalue weighted by atomic mass is 10.0. The summed E-state index contributed by atoms with van der Waals surface area (Å²) in [6, 6.07) is 146. The topological polar surface area (TPSA) is 106 Å². The van der Waals surface area contributed by atoms with E-state index in [-0.39, 0.29) is 0 Å². The van der Waals surface area contributed by atoms with Gasteiger partial charge >= 0.3 is 0 Å². The van der Waals surface area contributed by atoms with E-state index in [0.717, 1.165) is 121 Å². The molecule has 10 aromatic heterocycles. The van der Waals surface area contributed by atoms with Gasteiger partial charge in [-0.3, -0.25) is 22.5 Å². The highest BCUT2D eigenvalue weighted by Gasteiger charge is 2.48. The zero-order valence-electron chi connectivity index (χ0n) is 65.3. The van der Waals surface area contributed by atoms with Gasteiger partial charge in [0.1, 0.15) is 11.6 Å². The summed E-state index contributed by atoms with van der Waals surface area (Å²) in [4.78, 5) is 35.4. The van der Waals surface area contributed by atoms with Crippen LogP contribution < -0.4 is 41.8 Å². The van der Waals surface area contributed by atoms with Gasteiger partial charge in [-0.1, -0.05) is 297 Å². The van der Waals surface area contributed by atoms with Gasteiger partial charge in [-0.25, -0.2) is 24.5 Å². The van der Waals surface area contributed by atoms with Crippen molar-refractivity contribution in [2.24, 2.45) is 0 Å². The molecule has 26 aromatic rings. The molecule has 16 heteroatoms. The summed E-state index contributed by atoms with van der Waals surface area (Å²) >= 11 is 3.74. The van der Waals surface area contributed by atoms with E-state index in [1.165, 1.54) is 71.5 Å². The zero-order chi connectivity index (χ0) is 79.9. The van der Waals surface area contributed by atoms with Crippen LogP contribution >= 0.6 is 22.7 Å². The van der Waals surface area contributed by atoms with Crippen molar-refractivity contribution in [2.75, 3.05) is 0 Å². The van der Waals surface area contributed by atoms with E-state index in [1.54, 1.807) is 0 Å². The first-order valence-electron chi connectivity index (χ1n) is 41.2. The molecule has 0 radical (unpaired) electrons. The molecular formula is C106H66N12S2Si2. The van der Waals surface area contributed by atoms with E-state index in [2.05, 4.69) is 427 Å². The number of para-hydroxylation sites is 9. The number of fused-ring (bicyclic) bond motifs is 22. The molecule has 0 aliphatic heterocycles. The highest BCUT2D eigenvalue weighted by Crippen LogP contribution is 2.42. The smallest absolute Gasteiger partial charge is 0.238 e. The second-order valence-electron chi connectivity index (χ2n) is 31.6. The average molecular weight is 1630 g/mol. The summed E-state index contributed by atoms with van der Waals surface area (Å²) in [5.74, 6) is 3.97. The first-order valence-corrected chi connectivity index (χ1v) is 46.8. The second-order valence-corrected chi connectivity index (χ2v) is 41.2. The largest absolute Gasteiger partial charge is 0.294 e. The highest BCUT2D eigenvalue weighted by atomic mass is 32.1. The number of hydrogen-bond donors (Lipinski definition) is 0. The third-order valence-electron chi connectivity index (χ3n) is 25.4. The van der Waals surface area contributed by atoms with Gasteiger partial charge in [0.15, 0.2) is 0 Å². The van der Waals surface area contributed by atoms with Crippen LogP contribution in [0.5, 0.6) is 0 Å². The molecule has 0 bridgehead atoms. The van der Waals surface area contributed by atoms with Crippen LogP contribution in [-0.2, 0) is 0 Å². The van der Waals surface area contributed by atoms with E-state index in [0.29, 0.717) is 23.5 Å². The summed E-state index contributed by atoms with van der Waals surface area (Å²) in [6.07, 6.45) is 0. The van der Waals surface area contributed by atoms with Crippen LogP contribution in [0.1, 0.15) is 0 Å². The maximum absolute atomic E-state index is 6.20. The number of nitrogens with zero attached hydrogens (tertiary/aromatic N) is 12. The number of rotatable bonds is 13. The molecule has 16 aromatic carbocycles. The van der Waals surface area contributed by atoms with Crippen molar-refractivity contribution < 1.29 is 0 Å². The van der Waals surface area contributed by atoms with E-state index in [4.69, 9.17) is 29.9 Å². The fraction of sp³-hybridized carbons (Fsp3) is 0. The van der Waals surface area contributed by atoms with Gasteiger partial charge in [-0.05, 0) is 139 Å². The Morgan fingerprint density at radius 1 is 0.213 bits per heavy atom. The van der Waals surface area contributed by atoms with Gasteiger partial charge in [-0.15, -0.1) is 22.7 Å². The van der Waals surface area contributed by atoms with Gasteiger partial charge in [0.25, 0.3) is 0 Å². The Morgan fingerprint density at radius 3 is 1.10 bits per heavy atom. The Morgan fingerprint density at radius 2 is 0.574 bits per heavy atom. The van der Waals surface area contributed by atoms with Gasteiger partial charge in [0.05, 0.1) is 66.2 Å². The van der Waals surface area contributed by atoms with Crippen LogP contribution in [0.25, 0.3) is 174 Å². The maximum Gasteiger partial charge on any atom is 0.238 e. The summed E-state index contributed by atoms with van der Waals surface area (Å²) < 4.78 is 18.7. The monoisotopic (exact) mass is 1630 g/mol. The lowest BCUT2D eigenvalue weighted by molar-refractivity contribution is 0.936. The quantitative estimate of drug-likeness (QED) is 0.0841. The van der Waals surface area contributed by atoms with Gasteiger partial charge < -0.3 is 0 Å². The minimum Gasteiger partial charge on any atom is -0.294 e. The van der Waals surface area contributed by atoms with Crippen molar-refractivity contribution in [3.05, 3.63) is 400 Å². The Kier molecular flexibility index (Phi) is 15.0. The predicted molar refractivity (Wildman–Crippen MR) is 511 cm³/mol. The molecule has 0 atom stereocenters. The molecule has 0 unspecified atom stereocenters. The Hall–Kier alpha value is -15.3. The third-order valence-corrected chi connectivity index (χ3v) is 37.5. The van der Waals surface area contributed by atoms with E-state index in [9.17, 15) is 0 Å². The number of hydrogen-bond acceptors (Lipinski definition) is 8. The van der Waals surface area contributed by atoms with Crippen LogP contribution in [0, 0.1) is 0 Å². The number of thiophene rings is 2. The molecule has 0 saturated carbocycles. The first-order chi connectivity index (χ1) is 60.5. The zero-order valence-corrected chi connectivity index (χ0v) is 68.9. The first kappa shape index (κ1) is 68.7. The molecule has 570 valence electrons. The lowest BCUT2D eigenvalue weighted by Gasteiger charge is -2.34. The molecule has 12 nitrogen and oxygen atoms in total. The molecule has 122 heavy (non-hydrogen) atoms. The number of aromatic nitrogens is 12. The van der Waals surface area contributed by atoms with Crippen molar-refractivity contribution in [1.82, 2.24) is 57.0 Å². The van der Waals surface area contributed by atoms with Crippen LogP contribution in [0.4, 0.5) is 0 Å². The fourth-order valence-electron chi connectivity index (χ4n) is 20.2. The van der Waals surface area contributed by atoms with Crippen molar-refractivity contribution in [3.8, 4) is 34.7 Å². The van der Waals surface area contributed by atoms with Crippen molar-refractivity contribution in [2.45, 2.75) is 0 Å². The minimum atomic E-state index is -3.57. The Labute approximate surface area is 707 Å². The number of benzene rings is 16. The van der Waals surface area contributed by atoms with E-state index in [1.807, 2.05) is 22.7 Å². The maximum atomic E-state index is 6.20. The lowest BCUT2D eigenvalue weighted by Crippen LogP contribution is -2.75. The summed E-state index contributed by atoms with van der Waals surface area (Å²) in [7, 11) is -7.07. The van der Waals surface area contributed by atoms with Gasteiger partial charge in [0.2, 0.25) is 39.6 Å². The molecule has 0 spiro atoms. The van der Waals surface area contributed by atoms with Crippen molar-refractivity contribution >= 4 is 220 Å². The Bertz CT molecular complexity index is 8690. The summed E-state index contributed by atoms with van der Waals surface area (Å²) in [5.41, 5.74) is 13.8. The van der Waals surface area contributed by atoms with Crippen LogP contribution in [0.3, 0.4) is 0 Å². The predicted octanol–water partition coefficient (Wildman–Crippen LogP) is 20.1. The molecule has 0 N–H and O–H groups in total. The van der Waals surface area contributed by atoms with Gasteiger partial charge in [-0.2, -0.15) is 9.97 Å². The minimum absolute atomic E-state index is 0.486. The summed E-state index contributed by atoms with van der Waals surface area (Å²) in [5, 5.41) is 18.7. The van der Waals surface area contributed by atoms with Crippen LogP contribution in [0.2, 0.25) is 0 Å². The summed E-state index contributed by atoms with van der Waals surface area (Å²) in [6.45, 7) is 0. The molecule has 26 rings (SSSR count). The normalized spacial score (nSPS) is 12.4. The standard InChI is InChI=1S/C106H66N12S2Si2/c1-5-31-69(32-6-1)121(70-33-7-2-8-34-70,95-57-29-44-78-76-42-16-27-55-93(76)119-101(78)95)99-65-97(109-103(111-99)114-84-48-20-13-39-73(84)74-40-14-21-49-85(74)114)113-83-47-19-15-41-75(83)80-63-67(60-62-86(80)113)68-59-61-82-92(64-68)116-89-52-24-26-54-91(89)118(106(116)108-82)104-110-98(117-90-53-25-23-51-88(90)115-87-50-22-18-46-81(87)107-105(115)117)66-100(112-104)122(71-35-9-3-10-36-71,72-37-11-4-12-38-72)96-58-30-45-79-77-43-17-28-56-94(77)120-102(79)96/h1-66H. The molecule has 0 aliphatic rings. The van der Waals surface area contributed by atoms with Crippen LogP contribution in [-0.4, -0.2) is 73.1 Å². The fourth-order valence-corrected chi connectivity index (χ4v) is 33.0.